The molecule has 1 atom stereocenters. The Morgan fingerprint density at radius 3 is 2.74 bits per heavy atom. The second-order valence-electron chi connectivity index (χ2n) is 3.92. The molecule has 2 N–H and O–H groups in total. The van der Waals surface area contributed by atoms with Crippen molar-refractivity contribution in [1.82, 2.24) is 4.98 Å². The first-order chi connectivity index (χ1) is 9.18. The molecule has 0 saturated carbocycles. The van der Waals surface area contributed by atoms with Crippen LogP contribution in [0.2, 0.25) is 0 Å². The number of hydrogen-bond acceptors (Lipinski definition) is 3. The first kappa shape index (κ1) is 13.0. The van der Waals surface area contributed by atoms with Crippen molar-refractivity contribution in [1.29, 1.82) is 0 Å². The average Bonchev–Trinajstić information content (AvgIpc) is 2.88. The van der Waals surface area contributed by atoms with Gasteiger partial charge in [-0.25, -0.2) is 4.79 Å². The number of carbonyl (C=O) groups excluding carboxylic acids is 1. The molecule has 1 aliphatic heterocycles. The number of rotatable bonds is 1. The van der Waals surface area contributed by atoms with Gasteiger partial charge in [0.25, 0.3) is 0 Å². The number of aliphatic carboxylic acids is 1. The minimum atomic E-state index is -1.29. The maximum atomic E-state index is 10.6. The Bertz CT molecular complexity index is 584. The molecule has 0 bridgehead atoms. The summed E-state index contributed by atoms with van der Waals surface area (Å²) in [4.78, 5) is 23.9. The molecule has 5 nitrogen and oxygen atoms in total. The number of carboxylic acid groups (broad SMARTS) is 1. The molecule has 0 aliphatic carbocycles. The van der Waals surface area contributed by atoms with Crippen LogP contribution in [0.25, 0.3) is 10.9 Å². The lowest BCUT2D eigenvalue weighted by Crippen LogP contribution is -2.33. The van der Waals surface area contributed by atoms with E-state index in [9.17, 15) is 9.59 Å². The molecule has 0 amide bonds. The van der Waals surface area contributed by atoms with E-state index in [-0.39, 0.29) is 6.61 Å². The number of para-hydroxylation sites is 1. The van der Waals surface area contributed by atoms with Gasteiger partial charge in [0.05, 0.1) is 6.61 Å². The number of aromatic nitrogens is 1. The molecule has 0 radical (unpaired) electrons. The SMILES string of the molecule is O=C(O)C1OCC=CC1=O.c1ccc2[nH]ccc2c1. The molecule has 1 aliphatic rings. The highest BCUT2D eigenvalue weighted by molar-refractivity contribution is 6.07. The van der Waals surface area contributed by atoms with Gasteiger partial charge in [0.15, 0.2) is 5.78 Å². The third kappa shape index (κ3) is 3.29. The zero-order valence-corrected chi connectivity index (χ0v) is 10.1. The van der Waals surface area contributed by atoms with Gasteiger partial charge in [-0.2, -0.15) is 0 Å². The standard InChI is InChI=1S/C8H7N.C6H6O4/c1-2-4-8-7(3-1)5-6-9-8;7-4-2-1-3-10-5(4)6(8)9/h1-6,9H;1-2,5H,3H2,(H,8,9). The van der Waals surface area contributed by atoms with Crippen LogP contribution in [-0.2, 0) is 14.3 Å². The van der Waals surface area contributed by atoms with Crippen molar-refractivity contribution in [3.05, 3.63) is 48.7 Å². The van der Waals surface area contributed by atoms with E-state index in [2.05, 4.69) is 27.9 Å². The Morgan fingerprint density at radius 2 is 2.11 bits per heavy atom. The Morgan fingerprint density at radius 1 is 1.32 bits per heavy atom. The molecule has 1 aromatic carbocycles. The smallest absolute Gasteiger partial charge is 0.341 e. The van der Waals surface area contributed by atoms with E-state index >= 15 is 0 Å². The van der Waals surface area contributed by atoms with Gasteiger partial charge >= 0.3 is 5.97 Å². The highest BCUT2D eigenvalue weighted by Gasteiger charge is 2.26. The molecule has 2 heterocycles. The topological polar surface area (TPSA) is 79.4 Å². The van der Waals surface area contributed by atoms with Crippen LogP contribution in [0.15, 0.2) is 48.7 Å². The highest BCUT2D eigenvalue weighted by Crippen LogP contribution is 2.09. The number of carbonyl (C=O) groups is 2. The third-order valence-electron chi connectivity index (χ3n) is 2.59. The Kier molecular flexibility index (Phi) is 4.10. The van der Waals surface area contributed by atoms with Crippen LogP contribution in [0.5, 0.6) is 0 Å². The molecule has 98 valence electrons. The van der Waals surface area contributed by atoms with Crippen LogP contribution in [0.4, 0.5) is 0 Å². The minimum Gasteiger partial charge on any atom is -0.479 e. The lowest BCUT2D eigenvalue weighted by molar-refractivity contribution is -0.154. The van der Waals surface area contributed by atoms with Crippen molar-refractivity contribution < 1.29 is 19.4 Å². The fourth-order valence-corrected chi connectivity index (χ4v) is 1.67. The first-order valence-corrected chi connectivity index (χ1v) is 5.75. The molecule has 2 aromatic rings. The largest absolute Gasteiger partial charge is 0.479 e. The molecule has 3 rings (SSSR count). The Hall–Kier alpha value is -2.40. The normalized spacial score (nSPS) is 17.9. The molecule has 0 spiro atoms. The second kappa shape index (κ2) is 5.97. The monoisotopic (exact) mass is 259 g/mol. The van der Waals surface area contributed by atoms with E-state index in [0.29, 0.717) is 0 Å². The number of H-pyrrole nitrogens is 1. The molecule has 19 heavy (non-hydrogen) atoms. The number of fused-ring (bicyclic) bond motifs is 1. The summed E-state index contributed by atoms with van der Waals surface area (Å²) in [7, 11) is 0. The fourth-order valence-electron chi connectivity index (χ4n) is 1.67. The summed E-state index contributed by atoms with van der Waals surface area (Å²) in [5.74, 6) is -1.73. The zero-order valence-electron chi connectivity index (χ0n) is 10.1. The van der Waals surface area contributed by atoms with Crippen molar-refractivity contribution in [3.63, 3.8) is 0 Å². The molecule has 1 aromatic heterocycles. The minimum absolute atomic E-state index is 0.197. The van der Waals surface area contributed by atoms with Crippen LogP contribution in [0.1, 0.15) is 0 Å². The lowest BCUT2D eigenvalue weighted by Gasteiger charge is -2.11. The molecular formula is C14H13NO4. The summed E-state index contributed by atoms with van der Waals surface area (Å²) in [6.45, 7) is 0.197. The third-order valence-corrected chi connectivity index (χ3v) is 2.59. The zero-order chi connectivity index (χ0) is 13.7. The van der Waals surface area contributed by atoms with Crippen LogP contribution >= 0.6 is 0 Å². The lowest BCUT2D eigenvalue weighted by atomic mass is 10.2. The van der Waals surface area contributed by atoms with Crippen molar-refractivity contribution >= 4 is 22.7 Å². The van der Waals surface area contributed by atoms with E-state index in [1.54, 1.807) is 0 Å². The van der Waals surface area contributed by atoms with Gasteiger partial charge in [0.1, 0.15) is 0 Å². The van der Waals surface area contributed by atoms with Crippen molar-refractivity contribution in [3.8, 4) is 0 Å². The number of benzene rings is 1. The molecule has 1 unspecified atom stereocenters. The summed E-state index contributed by atoms with van der Waals surface area (Å²) in [6.07, 6.45) is 3.37. The van der Waals surface area contributed by atoms with Crippen molar-refractivity contribution in [2.24, 2.45) is 0 Å². The van der Waals surface area contributed by atoms with Gasteiger partial charge in [0.2, 0.25) is 6.10 Å². The number of ether oxygens (including phenoxy) is 1. The predicted octanol–water partition coefficient (Wildman–Crippen LogP) is 1.76. The van der Waals surface area contributed by atoms with E-state index in [0.717, 1.165) is 0 Å². The summed E-state index contributed by atoms with van der Waals surface area (Å²) < 4.78 is 4.62. The number of ketones is 1. The van der Waals surface area contributed by atoms with Gasteiger partial charge in [-0.05, 0) is 23.6 Å². The maximum absolute atomic E-state index is 10.6. The van der Waals surface area contributed by atoms with E-state index < -0.39 is 17.9 Å². The van der Waals surface area contributed by atoms with E-state index in [1.807, 2.05) is 18.3 Å². The van der Waals surface area contributed by atoms with E-state index in [4.69, 9.17) is 5.11 Å². The van der Waals surface area contributed by atoms with Gasteiger partial charge in [-0.1, -0.05) is 24.3 Å². The van der Waals surface area contributed by atoms with Gasteiger partial charge in [0, 0.05) is 11.7 Å². The molecule has 0 fully saturated rings. The van der Waals surface area contributed by atoms with Crippen LogP contribution in [0.3, 0.4) is 0 Å². The average molecular weight is 259 g/mol. The second-order valence-corrected chi connectivity index (χ2v) is 3.92. The van der Waals surface area contributed by atoms with Crippen molar-refractivity contribution in [2.45, 2.75) is 6.10 Å². The highest BCUT2D eigenvalue weighted by atomic mass is 16.5. The molecule has 5 heteroatoms. The molecular weight excluding hydrogens is 246 g/mol. The van der Waals surface area contributed by atoms with Gasteiger partial charge in [-0.3, -0.25) is 4.79 Å². The molecule has 0 saturated heterocycles. The van der Waals surface area contributed by atoms with Crippen molar-refractivity contribution in [2.75, 3.05) is 6.61 Å². The summed E-state index contributed by atoms with van der Waals surface area (Å²) in [6, 6.07) is 10.3. The summed E-state index contributed by atoms with van der Waals surface area (Å²) in [5.41, 5.74) is 1.21. The van der Waals surface area contributed by atoms with Crippen LogP contribution in [0, 0.1) is 0 Å². The van der Waals surface area contributed by atoms with E-state index in [1.165, 1.54) is 23.1 Å². The fraction of sp³-hybridized carbons (Fsp3) is 0.143. The number of aromatic amines is 1. The first-order valence-electron chi connectivity index (χ1n) is 5.75. The number of carboxylic acids is 1. The van der Waals surface area contributed by atoms with Gasteiger partial charge < -0.3 is 14.8 Å². The number of nitrogens with one attached hydrogen (secondary N) is 1. The number of hydrogen-bond donors (Lipinski definition) is 2. The maximum Gasteiger partial charge on any atom is 0.341 e. The Balaban J connectivity index is 0.000000141. The van der Waals surface area contributed by atoms with Gasteiger partial charge in [-0.15, -0.1) is 0 Å². The predicted molar refractivity (Wildman–Crippen MR) is 69.8 cm³/mol. The quantitative estimate of drug-likeness (QED) is 0.765. The Labute approximate surface area is 109 Å². The summed E-state index contributed by atoms with van der Waals surface area (Å²) in [5, 5.41) is 9.60. The van der Waals surface area contributed by atoms with Crippen LogP contribution < -0.4 is 0 Å². The van der Waals surface area contributed by atoms with Crippen LogP contribution in [-0.4, -0.2) is 34.6 Å². The summed E-state index contributed by atoms with van der Waals surface area (Å²) >= 11 is 0.